The van der Waals surface area contributed by atoms with Crippen LogP contribution in [0.2, 0.25) is 0 Å². The van der Waals surface area contributed by atoms with Crippen LogP contribution in [-0.4, -0.2) is 57.5 Å². The van der Waals surface area contributed by atoms with E-state index in [2.05, 4.69) is 28.2 Å². The Hall–Kier alpha value is -2.65. The van der Waals surface area contributed by atoms with Gasteiger partial charge in [0.25, 0.3) is 0 Å². The van der Waals surface area contributed by atoms with Crippen LogP contribution in [0.1, 0.15) is 56.3 Å². The van der Waals surface area contributed by atoms with Crippen LogP contribution in [0.5, 0.6) is 0 Å². The molecule has 4 rings (SSSR count). The fraction of sp³-hybridized carbons (Fsp3) is 0.448. The maximum absolute atomic E-state index is 14.0. The molecule has 0 saturated carbocycles. The minimum Gasteiger partial charge on any atom is -0.452 e. The van der Waals surface area contributed by atoms with E-state index in [1.54, 1.807) is 4.90 Å². The van der Waals surface area contributed by atoms with E-state index in [0.29, 0.717) is 12.2 Å². The van der Waals surface area contributed by atoms with Crippen molar-refractivity contribution in [3.63, 3.8) is 0 Å². The van der Waals surface area contributed by atoms with Crippen molar-refractivity contribution >= 4 is 51.3 Å². The quantitative estimate of drug-likeness (QED) is 0.125. The summed E-state index contributed by atoms with van der Waals surface area (Å²) in [6, 6.07) is 18.7. The van der Waals surface area contributed by atoms with Crippen molar-refractivity contribution < 1.29 is 23.9 Å². The molecule has 0 spiro atoms. The topological polar surface area (TPSA) is 92.8 Å². The van der Waals surface area contributed by atoms with Crippen LogP contribution in [0.3, 0.4) is 0 Å². The third-order valence-electron chi connectivity index (χ3n) is 7.09. The van der Waals surface area contributed by atoms with Crippen LogP contribution in [0, 0.1) is 5.41 Å². The summed E-state index contributed by atoms with van der Waals surface area (Å²) in [6.45, 7) is 2.37. The highest BCUT2D eigenvalue weighted by Gasteiger charge is 2.57. The number of carbonyl (C=O) groups excluding carboxylic acids is 4. The number of esters is 1. The summed E-state index contributed by atoms with van der Waals surface area (Å²) in [5.41, 5.74) is 0.935. The second-order valence-electron chi connectivity index (χ2n) is 9.91. The summed E-state index contributed by atoms with van der Waals surface area (Å²) in [5, 5.41) is 2.55. The first kappa shape index (κ1) is 28.4. The second kappa shape index (κ2) is 12.9. The van der Waals surface area contributed by atoms with Crippen molar-refractivity contribution in [1.82, 2.24) is 10.2 Å². The molecule has 2 heterocycles. The third kappa shape index (κ3) is 6.31. The molecule has 0 radical (unpaired) electrons. The van der Waals surface area contributed by atoms with E-state index in [4.69, 9.17) is 4.74 Å². The van der Waals surface area contributed by atoms with Gasteiger partial charge in [0.1, 0.15) is 11.4 Å². The molecule has 2 saturated heterocycles. The number of nitrogens with zero attached hydrogens (tertiary/aromatic N) is 1. The monoisotopic (exact) mass is 600 g/mol. The molecule has 2 aliphatic rings. The molecule has 2 aromatic rings. The SMILES string of the molecule is CCCCCC1(C(=O)OC(c2ccccc2)c2ccccc2)CS[C@@H]2C(NC(=O)CC(=O)CBr)C(=O)N2C1. The molecule has 9 heteroatoms. The Morgan fingerprint density at radius 3 is 2.29 bits per heavy atom. The van der Waals surface area contributed by atoms with Gasteiger partial charge in [-0.15, -0.1) is 11.8 Å². The van der Waals surface area contributed by atoms with Crippen LogP contribution < -0.4 is 5.32 Å². The van der Waals surface area contributed by atoms with Gasteiger partial charge in [0.15, 0.2) is 11.9 Å². The zero-order chi connectivity index (χ0) is 27.1. The van der Waals surface area contributed by atoms with Gasteiger partial charge in [-0.3, -0.25) is 19.2 Å². The number of rotatable bonds is 12. The Kier molecular flexibility index (Phi) is 9.65. The van der Waals surface area contributed by atoms with E-state index >= 15 is 0 Å². The predicted octanol–water partition coefficient (Wildman–Crippen LogP) is 4.64. The zero-order valence-electron chi connectivity index (χ0n) is 21.4. The molecule has 2 fully saturated rings. The van der Waals surface area contributed by atoms with Crippen molar-refractivity contribution in [3.05, 3.63) is 71.8 Å². The van der Waals surface area contributed by atoms with E-state index < -0.39 is 23.5 Å². The fourth-order valence-corrected chi connectivity index (χ4v) is 6.76. The number of hydrogen-bond donors (Lipinski definition) is 1. The minimum absolute atomic E-state index is 0.0959. The predicted molar refractivity (Wildman–Crippen MR) is 151 cm³/mol. The Morgan fingerprint density at radius 1 is 1.08 bits per heavy atom. The van der Waals surface area contributed by atoms with Crippen molar-refractivity contribution in [2.45, 2.75) is 56.5 Å². The molecule has 202 valence electrons. The van der Waals surface area contributed by atoms with Crippen molar-refractivity contribution in [1.29, 1.82) is 0 Å². The lowest BCUT2D eigenvalue weighted by molar-refractivity contribution is -0.166. The largest absolute Gasteiger partial charge is 0.452 e. The number of nitrogens with one attached hydrogen (secondary N) is 1. The van der Waals surface area contributed by atoms with Gasteiger partial charge in [-0.05, 0) is 17.5 Å². The Labute approximate surface area is 236 Å². The number of halogens is 1. The number of thioether (sulfide) groups is 1. The van der Waals surface area contributed by atoms with Crippen molar-refractivity contribution in [2.24, 2.45) is 5.41 Å². The zero-order valence-corrected chi connectivity index (χ0v) is 23.8. The second-order valence-corrected chi connectivity index (χ2v) is 11.6. The molecule has 7 nitrogen and oxygen atoms in total. The Balaban J connectivity index is 1.52. The fourth-order valence-electron chi connectivity index (χ4n) is 4.98. The summed E-state index contributed by atoms with van der Waals surface area (Å²) in [4.78, 5) is 52.5. The lowest BCUT2D eigenvalue weighted by Crippen LogP contribution is -2.73. The molecule has 2 unspecified atom stereocenters. The number of Topliss-reactive ketones (excluding diaryl/α,β-unsaturated/α-hetero) is 1. The molecule has 0 bridgehead atoms. The van der Waals surface area contributed by atoms with Crippen molar-refractivity contribution in [2.75, 3.05) is 17.6 Å². The molecule has 0 aromatic heterocycles. The van der Waals surface area contributed by atoms with Gasteiger partial charge < -0.3 is 15.0 Å². The first-order valence-corrected chi connectivity index (χ1v) is 15.2. The summed E-state index contributed by atoms with van der Waals surface area (Å²) < 4.78 is 6.28. The Morgan fingerprint density at radius 2 is 1.71 bits per heavy atom. The smallest absolute Gasteiger partial charge is 0.315 e. The summed E-state index contributed by atoms with van der Waals surface area (Å²) in [6.07, 6.45) is 2.66. The van der Waals surface area contributed by atoms with Gasteiger partial charge in [-0.25, -0.2) is 0 Å². The first-order chi connectivity index (χ1) is 18.4. The number of β-lactam (4-membered cyclic amide) rings is 1. The lowest BCUT2D eigenvalue weighted by atomic mass is 9.81. The highest BCUT2D eigenvalue weighted by atomic mass is 79.9. The normalized spacial score (nSPS) is 22.4. The first-order valence-electron chi connectivity index (χ1n) is 13.0. The molecule has 38 heavy (non-hydrogen) atoms. The average Bonchev–Trinajstić information content (AvgIpc) is 2.95. The standard InChI is InChI=1S/C29H33BrN2O5S/c1-2-3-10-15-29(18-32-26(35)24(27(32)38-19-29)31-23(34)16-22(33)17-30)28(36)37-25(20-11-6-4-7-12-20)21-13-8-5-9-14-21/h4-9,11-14,24-25,27H,2-3,10,15-19H2,1H3,(H,31,34)/t24?,27-,29?/m1/s1. The van der Waals surface area contributed by atoms with Crippen LogP contribution in [-0.2, 0) is 23.9 Å². The number of alkyl halides is 1. The molecule has 2 amide bonds. The molecule has 2 aromatic carbocycles. The summed E-state index contributed by atoms with van der Waals surface area (Å²) in [7, 11) is 0. The molecule has 2 aliphatic heterocycles. The summed E-state index contributed by atoms with van der Waals surface area (Å²) in [5.74, 6) is -0.738. The third-order valence-corrected chi connectivity index (χ3v) is 9.30. The number of hydrogen-bond acceptors (Lipinski definition) is 6. The Bertz CT molecular complexity index is 1110. The van der Waals surface area contributed by atoms with Gasteiger partial charge in [0, 0.05) is 12.3 Å². The van der Waals surface area contributed by atoms with E-state index in [9.17, 15) is 19.2 Å². The number of ether oxygens (including phenoxy) is 1. The van der Waals surface area contributed by atoms with Gasteiger partial charge in [-0.2, -0.15) is 0 Å². The van der Waals surface area contributed by atoms with E-state index in [1.165, 1.54) is 11.8 Å². The van der Waals surface area contributed by atoms with Gasteiger partial charge >= 0.3 is 5.97 Å². The van der Waals surface area contributed by atoms with Gasteiger partial charge in [0.05, 0.1) is 17.2 Å². The molecular formula is C29H33BrN2O5S. The van der Waals surface area contributed by atoms with Crippen LogP contribution in [0.4, 0.5) is 0 Å². The van der Waals surface area contributed by atoms with E-state index in [0.717, 1.165) is 30.4 Å². The molecular weight excluding hydrogens is 568 g/mol. The number of fused-ring (bicyclic) bond motifs is 1. The lowest BCUT2D eigenvalue weighted by Gasteiger charge is -2.54. The number of benzene rings is 2. The number of unbranched alkanes of at least 4 members (excludes halogenated alkanes) is 2. The molecule has 1 N–H and O–H groups in total. The van der Waals surface area contributed by atoms with Crippen LogP contribution in [0.15, 0.2) is 60.7 Å². The number of carbonyl (C=O) groups is 4. The van der Waals surface area contributed by atoms with Gasteiger partial charge in [0.2, 0.25) is 11.8 Å². The number of ketones is 1. The highest BCUT2D eigenvalue weighted by Crippen LogP contribution is 2.46. The van der Waals surface area contributed by atoms with E-state index in [1.807, 2.05) is 60.7 Å². The minimum atomic E-state index is -0.839. The number of amides is 2. The van der Waals surface area contributed by atoms with Crippen LogP contribution in [0.25, 0.3) is 0 Å². The highest BCUT2D eigenvalue weighted by molar-refractivity contribution is 9.09. The molecule has 3 atom stereocenters. The maximum Gasteiger partial charge on any atom is 0.315 e. The van der Waals surface area contributed by atoms with Crippen molar-refractivity contribution in [3.8, 4) is 0 Å². The van der Waals surface area contributed by atoms with E-state index in [-0.39, 0.29) is 41.3 Å². The maximum atomic E-state index is 14.0. The van der Waals surface area contributed by atoms with Crippen LogP contribution >= 0.6 is 27.7 Å². The average molecular weight is 602 g/mol. The van der Waals surface area contributed by atoms with Gasteiger partial charge in [-0.1, -0.05) is 103 Å². The summed E-state index contributed by atoms with van der Waals surface area (Å²) >= 11 is 4.55. The molecule has 0 aliphatic carbocycles.